The molecule has 0 radical (unpaired) electrons. The molecule has 1 aromatic rings. The highest BCUT2D eigenvalue weighted by molar-refractivity contribution is 7.88. The average Bonchev–Trinajstić information content (AvgIpc) is 2.46. The van der Waals surface area contributed by atoms with Gasteiger partial charge >= 0.3 is 0 Å². The minimum Gasteiger partial charge on any atom is -0.392 e. The summed E-state index contributed by atoms with van der Waals surface area (Å²) in [6.45, 7) is 2.52. The maximum absolute atomic E-state index is 12.1. The van der Waals surface area contributed by atoms with E-state index in [0.717, 1.165) is 31.5 Å². The Morgan fingerprint density at radius 1 is 1.29 bits per heavy atom. The number of hydrogen-bond acceptors (Lipinski definition) is 4. The summed E-state index contributed by atoms with van der Waals surface area (Å²) < 4.78 is 27.0. The fourth-order valence-electron chi connectivity index (χ4n) is 2.60. The fraction of sp³-hybridized carbons (Fsp3) is 0.600. The van der Waals surface area contributed by atoms with Gasteiger partial charge in [-0.25, -0.2) is 13.1 Å². The van der Waals surface area contributed by atoms with Crippen molar-refractivity contribution in [2.24, 2.45) is 5.92 Å². The normalized spacial score (nSPS) is 18.0. The molecule has 2 N–H and O–H groups in total. The number of likely N-dealkylation sites (tertiary alicyclic amines) is 1. The SMILES string of the molecule is CN1CCC(CNS(=O)(=O)Cc2cccc(CO)c2)CC1. The van der Waals surface area contributed by atoms with Crippen LogP contribution in [0.1, 0.15) is 24.0 Å². The maximum atomic E-state index is 12.1. The molecule has 0 aliphatic carbocycles. The number of nitrogens with zero attached hydrogens (tertiary/aromatic N) is 1. The van der Waals surface area contributed by atoms with E-state index in [-0.39, 0.29) is 12.4 Å². The van der Waals surface area contributed by atoms with Crippen molar-refractivity contribution in [3.8, 4) is 0 Å². The fourth-order valence-corrected chi connectivity index (χ4v) is 3.81. The van der Waals surface area contributed by atoms with Crippen LogP contribution in [0.4, 0.5) is 0 Å². The summed E-state index contributed by atoms with van der Waals surface area (Å²) in [5.41, 5.74) is 1.44. The van der Waals surface area contributed by atoms with Crippen LogP contribution >= 0.6 is 0 Å². The molecule has 21 heavy (non-hydrogen) atoms. The lowest BCUT2D eigenvalue weighted by atomic mass is 9.98. The molecule has 1 heterocycles. The van der Waals surface area contributed by atoms with E-state index in [4.69, 9.17) is 5.11 Å². The number of sulfonamides is 1. The van der Waals surface area contributed by atoms with Gasteiger partial charge in [-0.1, -0.05) is 24.3 Å². The van der Waals surface area contributed by atoms with Gasteiger partial charge in [0.15, 0.2) is 0 Å². The van der Waals surface area contributed by atoms with E-state index in [1.165, 1.54) is 0 Å². The van der Waals surface area contributed by atoms with Gasteiger partial charge in [-0.3, -0.25) is 0 Å². The lowest BCUT2D eigenvalue weighted by Crippen LogP contribution is -2.37. The number of rotatable bonds is 6. The molecule has 1 aliphatic heterocycles. The molecule has 0 spiro atoms. The van der Waals surface area contributed by atoms with Crippen LogP contribution in [0.25, 0.3) is 0 Å². The third-order valence-corrected chi connectivity index (χ3v) is 5.28. The third-order valence-electron chi connectivity index (χ3n) is 3.96. The highest BCUT2D eigenvalue weighted by Gasteiger charge is 2.19. The average molecular weight is 312 g/mol. The van der Waals surface area contributed by atoms with E-state index in [2.05, 4.69) is 16.7 Å². The number of nitrogens with one attached hydrogen (secondary N) is 1. The van der Waals surface area contributed by atoms with Crippen molar-refractivity contribution in [3.05, 3.63) is 35.4 Å². The summed E-state index contributed by atoms with van der Waals surface area (Å²) in [6, 6.07) is 7.05. The first-order valence-electron chi connectivity index (χ1n) is 7.33. The summed E-state index contributed by atoms with van der Waals surface area (Å²) in [7, 11) is -1.23. The van der Waals surface area contributed by atoms with Crippen molar-refractivity contribution in [1.82, 2.24) is 9.62 Å². The van der Waals surface area contributed by atoms with Gasteiger partial charge in [0.05, 0.1) is 12.4 Å². The zero-order valence-electron chi connectivity index (χ0n) is 12.5. The predicted molar refractivity (Wildman–Crippen MR) is 83.2 cm³/mol. The first kappa shape index (κ1) is 16.4. The molecule has 1 fully saturated rings. The number of piperidine rings is 1. The molecule has 1 saturated heterocycles. The van der Waals surface area contributed by atoms with Crippen LogP contribution in [0.5, 0.6) is 0 Å². The van der Waals surface area contributed by atoms with Gasteiger partial charge < -0.3 is 10.0 Å². The minimum absolute atomic E-state index is 0.0343. The molecule has 118 valence electrons. The first-order valence-corrected chi connectivity index (χ1v) is 8.98. The van der Waals surface area contributed by atoms with E-state index >= 15 is 0 Å². The van der Waals surface area contributed by atoms with E-state index in [1.54, 1.807) is 24.3 Å². The molecule has 0 atom stereocenters. The van der Waals surface area contributed by atoms with E-state index < -0.39 is 10.0 Å². The quantitative estimate of drug-likeness (QED) is 0.820. The minimum atomic E-state index is -3.32. The van der Waals surface area contributed by atoms with Crippen molar-refractivity contribution in [3.63, 3.8) is 0 Å². The van der Waals surface area contributed by atoms with Crippen molar-refractivity contribution in [2.45, 2.75) is 25.2 Å². The van der Waals surface area contributed by atoms with Gasteiger partial charge in [0, 0.05) is 6.54 Å². The summed E-state index contributed by atoms with van der Waals surface area (Å²) in [5.74, 6) is 0.396. The van der Waals surface area contributed by atoms with Gasteiger partial charge in [-0.05, 0) is 50.0 Å². The predicted octanol–water partition coefficient (Wildman–Crippen LogP) is 0.940. The Morgan fingerprint density at radius 2 is 1.95 bits per heavy atom. The smallest absolute Gasteiger partial charge is 0.215 e. The van der Waals surface area contributed by atoms with Crippen molar-refractivity contribution < 1.29 is 13.5 Å². The molecule has 1 aliphatic rings. The van der Waals surface area contributed by atoms with Crippen LogP contribution in [-0.4, -0.2) is 45.1 Å². The highest BCUT2D eigenvalue weighted by Crippen LogP contribution is 2.15. The molecule has 2 rings (SSSR count). The monoisotopic (exact) mass is 312 g/mol. The summed E-state index contributed by atoms with van der Waals surface area (Å²) in [4.78, 5) is 2.27. The van der Waals surface area contributed by atoms with Gasteiger partial charge in [0.25, 0.3) is 0 Å². The zero-order chi connectivity index (χ0) is 15.3. The number of aliphatic hydroxyl groups excluding tert-OH is 1. The van der Waals surface area contributed by atoms with Crippen LogP contribution in [0.2, 0.25) is 0 Å². The van der Waals surface area contributed by atoms with Gasteiger partial charge in [-0.2, -0.15) is 0 Å². The number of hydrogen-bond donors (Lipinski definition) is 2. The molecule has 0 unspecified atom stereocenters. The molecular weight excluding hydrogens is 288 g/mol. The number of benzene rings is 1. The summed E-state index contributed by atoms with van der Waals surface area (Å²) >= 11 is 0. The van der Waals surface area contributed by atoms with Crippen molar-refractivity contribution >= 4 is 10.0 Å². The van der Waals surface area contributed by atoms with E-state index in [0.29, 0.717) is 18.0 Å². The van der Waals surface area contributed by atoms with Crippen molar-refractivity contribution in [2.75, 3.05) is 26.7 Å². The molecule has 6 heteroatoms. The zero-order valence-corrected chi connectivity index (χ0v) is 13.3. The lowest BCUT2D eigenvalue weighted by molar-refractivity contribution is 0.220. The molecule has 0 bridgehead atoms. The molecule has 0 aromatic heterocycles. The van der Waals surface area contributed by atoms with Crippen LogP contribution < -0.4 is 4.72 Å². The molecule has 0 saturated carbocycles. The highest BCUT2D eigenvalue weighted by atomic mass is 32.2. The number of aliphatic hydroxyl groups is 1. The Balaban J connectivity index is 1.86. The Bertz CT molecular complexity index is 552. The summed E-state index contributed by atoms with van der Waals surface area (Å²) in [6.07, 6.45) is 2.08. The van der Waals surface area contributed by atoms with Gasteiger partial charge in [0.2, 0.25) is 10.0 Å². The third kappa shape index (κ3) is 5.39. The van der Waals surface area contributed by atoms with Crippen LogP contribution in [0, 0.1) is 5.92 Å². The maximum Gasteiger partial charge on any atom is 0.215 e. The summed E-state index contributed by atoms with van der Waals surface area (Å²) in [5, 5.41) is 9.09. The molecule has 0 amide bonds. The van der Waals surface area contributed by atoms with Crippen LogP contribution in [0.3, 0.4) is 0 Å². The Hall–Kier alpha value is -0.950. The second-order valence-electron chi connectivity index (χ2n) is 5.83. The van der Waals surface area contributed by atoms with Crippen molar-refractivity contribution in [1.29, 1.82) is 0 Å². The topological polar surface area (TPSA) is 69.6 Å². The largest absolute Gasteiger partial charge is 0.392 e. The van der Waals surface area contributed by atoms with E-state index in [9.17, 15) is 8.42 Å². The van der Waals surface area contributed by atoms with Crippen LogP contribution in [-0.2, 0) is 22.4 Å². The first-order chi connectivity index (χ1) is 9.98. The van der Waals surface area contributed by atoms with E-state index in [1.807, 2.05) is 0 Å². The van der Waals surface area contributed by atoms with Gasteiger partial charge in [-0.15, -0.1) is 0 Å². The molecular formula is C15H24N2O3S. The lowest BCUT2D eigenvalue weighted by Gasteiger charge is -2.28. The Kier molecular flexibility index (Phi) is 5.75. The second-order valence-corrected chi connectivity index (χ2v) is 7.64. The van der Waals surface area contributed by atoms with Crippen LogP contribution in [0.15, 0.2) is 24.3 Å². The Labute approximate surface area is 127 Å². The van der Waals surface area contributed by atoms with Gasteiger partial charge in [0.1, 0.15) is 0 Å². The second kappa shape index (κ2) is 7.35. The molecule has 5 nitrogen and oxygen atoms in total. The standard InChI is InChI=1S/C15H24N2O3S/c1-17-7-5-13(6-8-17)10-16-21(19,20)12-15-4-2-3-14(9-15)11-18/h2-4,9,13,16,18H,5-8,10-12H2,1H3. The Morgan fingerprint density at radius 3 is 2.62 bits per heavy atom. The molecule has 1 aromatic carbocycles.